The van der Waals surface area contributed by atoms with Crippen molar-refractivity contribution in [2.45, 2.75) is 0 Å². The van der Waals surface area contributed by atoms with E-state index in [1.807, 2.05) is 0 Å². The van der Waals surface area contributed by atoms with Crippen LogP contribution in [0, 0.1) is 27.8 Å². The van der Waals surface area contributed by atoms with Gasteiger partial charge in [0.2, 0.25) is 0 Å². The van der Waals surface area contributed by atoms with E-state index in [0.717, 1.165) is 0 Å². The predicted molar refractivity (Wildman–Crippen MR) is 1.37 cm³/mol. The molecule has 5 heteroatoms. The van der Waals surface area contributed by atoms with Gasteiger partial charge in [0, 0.05) is 0 Å². The van der Waals surface area contributed by atoms with Gasteiger partial charge in [0.1, 0.15) is 0 Å². The Morgan fingerprint density at radius 3 is 1.20 bits per heavy atom. The molecular formula is O4U. The van der Waals surface area contributed by atoms with Gasteiger partial charge < -0.3 is 10.5 Å². The van der Waals surface area contributed by atoms with E-state index in [1.165, 1.54) is 0 Å². The van der Waals surface area contributed by atoms with Gasteiger partial charge in [-0.05, 0) is 0 Å². The molecular weight excluding hydrogens is 302 g/mol. The zero-order chi connectivity index (χ0) is 4.71. The van der Waals surface area contributed by atoms with E-state index in [0.29, 0.717) is 0 Å². The molecule has 0 rings (SSSR count). The monoisotopic (exact) mass is 302 g/mol. The van der Waals surface area contributed by atoms with E-state index in [-0.39, 0.29) is 0 Å². The molecule has 0 radical (unpaired) electrons. The first-order chi connectivity index (χ1) is 2.41. The van der Waals surface area contributed by atoms with Crippen molar-refractivity contribution in [2.75, 3.05) is 0 Å². The Kier molecular flexibility index (Phi) is 43.1. The molecule has 28 valence electrons. The van der Waals surface area contributed by atoms with Crippen molar-refractivity contribution in [3.63, 3.8) is 0 Å². The molecule has 0 amide bonds. The maximum absolute atomic E-state index is 8.58. The van der Waals surface area contributed by atoms with Gasteiger partial charge in [0.25, 0.3) is 0 Å². The SMILES string of the molecule is [O-][O-].[O]=[U+2]=[O]. The summed E-state index contributed by atoms with van der Waals surface area (Å²) in [6, 6.07) is 0. The Morgan fingerprint density at radius 2 is 1.20 bits per heavy atom. The second-order valence-corrected chi connectivity index (χ2v) is 0.777. The Labute approximate surface area is 43.0 Å². The predicted octanol–water partition coefficient (Wildman–Crippen LogP) is -2.62. The van der Waals surface area contributed by atoms with Crippen LogP contribution >= 0.6 is 0 Å². The second kappa shape index (κ2) is 23.6. The third kappa shape index (κ3) is 92.5. The average molecular weight is 302 g/mol. The fourth-order valence-electron chi connectivity index (χ4n) is 0. The van der Waals surface area contributed by atoms with Crippen molar-refractivity contribution in [1.82, 2.24) is 0 Å². The second-order valence-electron chi connectivity index (χ2n) is 0.0833. The zero-order valence-corrected chi connectivity index (χ0v) is 6.30. The molecule has 4 nitrogen and oxygen atoms in total. The maximum atomic E-state index is 8.58. The molecule has 0 aromatic heterocycles. The van der Waals surface area contributed by atoms with Crippen LogP contribution in [0.1, 0.15) is 0 Å². The van der Waals surface area contributed by atoms with Gasteiger partial charge >= 0.3 is 32.3 Å². The number of hydrogen-bond acceptors (Lipinski definition) is 4. The van der Waals surface area contributed by atoms with Gasteiger partial charge in [-0.15, -0.1) is 0 Å². The molecule has 0 unspecified atom stereocenters. The first kappa shape index (κ1) is 9.13. The summed E-state index contributed by atoms with van der Waals surface area (Å²) < 4.78 is 17.2. The van der Waals surface area contributed by atoms with Crippen molar-refractivity contribution in [3.05, 3.63) is 0 Å². The molecule has 0 fully saturated rings. The van der Waals surface area contributed by atoms with Gasteiger partial charge in [0.15, 0.2) is 0 Å². The summed E-state index contributed by atoms with van der Waals surface area (Å²) in [5.41, 5.74) is 0. The van der Waals surface area contributed by atoms with Gasteiger partial charge in [-0.25, -0.2) is 0 Å². The van der Waals surface area contributed by atoms with Crippen LogP contribution in [-0.4, -0.2) is 0 Å². The molecule has 0 spiro atoms. The van der Waals surface area contributed by atoms with Gasteiger partial charge in [-0.1, -0.05) is 0 Å². The molecule has 0 N–H and O–H groups in total. The Balaban J connectivity index is 0. The van der Waals surface area contributed by atoms with Crippen LogP contribution in [0.4, 0.5) is 0 Å². The molecule has 0 aliphatic rings. The molecule has 0 atom stereocenters. The Morgan fingerprint density at radius 1 is 1.20 bits per heavy atom. The Bertz CT molecular complexity index is 24.6. The van der Waals surface area contributed by atoms with Crippen LogP contribution < -0.4 is 10.5 Å². The van der Waals surface area contributed by atoms with Crippen molar-refractivity contribution in [2.24, 2.45) is 0 Å². The quantitative estimate of drug-likeness (QED) is 0.363. The standard InChI is InChI=1S/O2.2O.U/c1-2;;;/q-2;;;+2. The van der Waals surface area contributed by atoms with Gasteiger partial charge in [0.05, 0.1) is 0 Å². The zero-order valence-electron chi connectivity index (χ0n) is 2.13. The van der Waals surface area contributed by atoms with E-state index in [9.17, 15) is 0 Å². The van der Waals surface area contributed by atoms with Crippen LogP contribution in [0.25, 0.3) is 0 Å². The van der Waals surface area contributed by atoms with Crippen molar-refractivity contribution in [1.29, 1.82) is 0 Å². The summed E-state index contributed by atoms with van der Waals surface area (Å²) in [6.07, 6.45) is 0. The third-order valence-corrected chi connectivity index (χ3v) is 0. The average Bonchev–Trinajstić information content (AvgIpc) is 1.46. The van der Waals surface area contributed by atoms with Crippen LogP contribution in [0.5, 0.6) is 0 Å². The molecule has 0 aliphatic heterocycles. The normalized spacial score (nSPS) is 2.80. The number of rotatable bonds is 0. The molecule has 0 aromatic rings. The van der Waals surface area contributed by atoms with Crippen LogP contribution in [0.2, 0.25) is 0 Å². The molecule has 0 saturated heterocycles. The minimum absolute atomic E-state index is 2.51. The van der Waals surface area contributed by atoms with Crippen LogP contribution in [-0.2, 0) is 4.47 Å². The minimum atomic E-state index is -2.51. The summed E-state index contributed by atoms with van der Waals surface area (Å²) >= 11 is -2.51. The van der Waals surface area contributed by atoms with Crippen LogP contribution in [0.15, 0.2) is 0 Å². The first-order valence-electron chi connectivity index (χ1n) is 0.575. The summed E-state index contributed by atoms with van der Waals surface area (Å²) in [6.45, 7) is 0. The Hall–Kier alpha value is 0.572. The topological polar surface area (TPSA) is 80.3 Å². The van der Waals surface area contributed by atoms with E-state index in [2.05, 4.69) is 0 Å². The molecule has 0 heterocycles. The molecule has 0 saturated carbocycles. The fourth-order valence-corrected chi connectivity index (χ4v) is 0. The van der Waals surface area contributed by atoms with Crippen LogP contribution in [0.3, 0.4) is 0 Å². The van der Waals surface area contributed by atoms with E-state index < -0.39 is 27.8 Å². The van der Waals surface area contributed by atoms with E-state index in [4.69, 9.17) is 15.0 Å². The van der Waals surface area contributed by atoms with Crippen molar-refractivity contribution >= 4 is 0 Å². The van der Waals surface area contributed by atoms with Gasteiger partial charge in [-0.2, -0.15) is 0 Å². The molecule has 5 heavy (non-hydrogen) atoms. The summed E-state index contributed by atoms with van der Waals surface area (Å²) in [5, 5.41) is 14.0. The summed E-state index contributed by atoms with van der Waals surface area (Å²) in [7, 11) is 0. The fraction of sp³-hybridized carbons (Fsp3) is 0. The summed E-state index contributed by atoms with van der Waals surface area (Å²) in [5.74, 6) is 0. The van der Waals surface area contributed by atoms with Crippen molar-refractivity contribution in [3.8, 4) is 0 Å². The van der Waals surface area contributed by atoms with Crippen molar-refractivity contribution < 1.29 is 42.8 Å². The molecule has 0 aromatic carbocycles. The number of hydrogen-bond donors (Lipinski definition) is 0. The van der Waals surface area contributed by atoms with E-state index >= 15 is 0 Å². The van der Waals surface area contributed by atoms with E-state index in [1.54, 1.807) is 0 Å². The first-order valence-corrected chi connectivity index (χ1v) is 3.97. The molecule has 0 aliphatic carbocycles. The third-order valence-electron chi connectivity index (χ3n) is 0. The summed E-state index contributed by atoms with van der Waals surface area (Å²) in [4.78, 5) is 0. The molecule has 0 bridgehead atoms. The van der Waals surface area contributed by atoms with Gasteiger partial charge in [-0.3, -0.25) is 0 Å².